The molecule has 1 rings (SSSR count). The molecule has 65 valence electrons. The third kappa shape index (κ3) is 2.44. The van der Waals surface area contributed by atoms with Crippen molar-refractivity contribution in [3.05, 3.63) is 24.3 Å². The second-order valence-electron chi connectivity index (χ2n) is 2.82. The van der Waals surface area contributed by atoms with E-state index in [9.17, 15) is 0 Å². The average Bonchev–Trinajstić information content (AvgIpc) is 2.04. The van der Waals surface area contributed by atoms with Gasteiger partial charge in [0.15, 0.2) is 5.75 Å². The van der Waals surface area contributed by atoms with Crippen molar-refractivity contribution in [3.63, 3.8) is 0 Å². The second-order valence-corrected chi connectivity index (χ2v) is 5.15. The largest absolute Gasteiger partial charge is 0.813 e. The van der Waals surface area contributed by atoms with Gasteiger partial charge in [-0.25, -0.2) is 0 Å². The molecule has 0 fully saturated rings. The van der Waals surface area contributed by atoms with Crippen LogP contribution < -0.4 is 8.53 Å². The minimum Gasteiger partial charge on any atom is -0.813 e. The van der Waals surface area contributed by atoms with Gasteiger partial charge in [-0.1, -0.05) is 12.1 Å². The normalized spacial score (nSPS) is 10.0. The Labute approximate surface area is 77.8 Å². The van der Waals surface area contributed by atoms with E-state index in [1.54, 1.807) is 7.11 Å². The van der Waals surface area contributed by atoms with Crippen molar-refractivity contribution in [1.82, 2.24) is 0 Å². The maximum Gasteiger partial charge on any atom is 0.214 e. The highest BCUT2D eigenvalue weighted by molar-refractivity contribution is 6.49. The average molecular weight is 180 g/mol. The molecular formula is C9H13AlO2-. The van der Waals surface area contributed by atoms with Gasteiger partial charge in [0, 0.05) is 0 Å². The van der Waals surface area contributed by atoms with Gasteiger partial charge in [0.25, 0.3) is 0 Å². The second kappa shape index (κ2) is 4.40. The maximum atomic E-state index is 5.65. The lowest BCUT2D eigenvalue weighted by Gasteiger charge is -2.22. The number of hydrogen-bond acceptors (Lipinski definition) is 2. The number of methoxy groups -OCH3 is 1. The van der Waals surface area contributed by atoms with E-state index in [0.29, 0.717) is 0 Å². The van der Waals surface area contributed by atoms with Crippen molar-refractivity contribution in [1.29, 1.82) is 0 Å². The summed E-state index contributed by atoms with van der Waals surface area (Å²) in [7, 11) is 1.66. The monoisotopic (exact) mass is 180 g/mol. The molecule has 0 aliphatic rings. The lowest BCUT2D eigenvalue weighted by atomic mass is 10.3. The van der Waals surface area contributed by atoms with Gasteiger partial charge in [0.05, 0.1) is 12.9 Å². The summed E-state index contributed by atoms with van der Waals surface area (Å²) in [5.74, 6) is 5.94. The first-order chi connectivity index (χ1) is 5.74. The van der Waals surface area contributed by atoms with Crippen molar-refractivity contribution < 1.29 is 8.53 Å². The first-order valence-corrected chi connectivity index (χ1v) is 6.82. The Bertz CT molecular complexity index is 248. The third-order valence-electron chi connectivity index (χ3n) is 1.43. The molecule has 3 heteroatoms. The van der Waals surface area contributed by atoms with Gasteiger partial charge < -0.3 is 8.53 Å². The molecule has 1 radical (unpaired) electrons. The summed E-state index contributed by atoms with van der Waals surface area (Å²) in [4.78, 5) is 0. The van der Waals surface area contributed by atoms with Crippen molar-refractivity contribution in [3.8, 4) is 11.5 Å². The van der Waals surface area contributed by atoms with E-state index >= 15 is 0 Å². The quantitative estimate of drug-likeness (QED) is 0.664. The Morgan fingerprint density at radius 1 is 1.08 bits per heavy atom. The summed E-state index contributed by atoms with van der Waals surface area (Å²) in [5, 5.41) is 0. The van der Waals surface area contributed by atoms with E-state index in [1.165, 1.54) is 0 Å². The Hall–Kier alpha value is -0.648. The standard InChI is InChI=1S/C7H8O2.2CH3.Al/c1-9-7-5-3-2-4-6(7)8;;;/h2-5,8H,1H3;2*1H3;/p-1. The SMILES string of the molecule is COc1ccccc1[O][Al-]([CH3])[CH3]. The smallest absolute Gasteiger partial charge is 0.214 e. The number of hydrogen-bond donors (Lipinski definition) is 0. The number of benzene rings is 1. The molecular weight excluding hydrogens is 167 g/mol. The van der Waals surface area contributed by atoms with Gasteiger partial charge in [-0.05, 0) is 12.1 Å². The third-order valence-corrected chi connectivity index (χ3v) is 2.16. The Morgan fingerprint density at radius 2 is 1.67 bits per heavy atom. The van der Waals surface area contributed by atoms with Crippen LogP contribution in [0.15, 0.2) is 24.3 Å². The van der Waals surface area contributed by atoms with E-state index in [1.807, 2.05) is 24.3 Å². The van der Waals surface area contributed by atoms with Crippen LogP contribution in [0, 0.1) is 0 Å². The molecule has 12 heavy (non-hydrogen) atoms. The Kier molecular flexibility index (Phi) is 3.46. The van der Waals surface area contributed by atoms with Gasteiger partial charge in [0.1, 0.15) is 0 Å². The van der Waals surface area contributed by atoms with Crippen LogP contribution >= 0.6 is 0 Å². The van der Waals surface area contributed by atoms with Gasteiger partial charge in [-0.15, -0.1) is 0 Å². The first-order valence-electron chi connectivity index (χ1n) is 4.03. The van der Waals surface area contributed by atoms with Crippen molar-refractivity contribution in [2.75, 3.05) is 7.11 Å². The van der Waals surface area contributed by atoms with Crippen LogP contribution in [0.1, 0.15) is 0 Å². The van der Waals surface area contributed by atoms with Crippen LogP contribution in [0.25, 0.3) is 0 Å². The Morgan fingerprint density at radius 3 is 2.17 bits per heavy atom. The van der Waals surface area contributed by atoms with Crippen LogP contribution in [0.5, 0.6) is 11.5 Å². The van der Waals surface area contributed by atoms with Gasteiger partial charge in [-0.2, -0.15) is 11.6 Å². The topological polar surface area (TPSA) is 18.5 Å². The van der Waals surface area contributed by atoms with Crippen LogP contribution in [-0.4, -0.2) is 21.6 Å². The molecule has 0 bridgehead atoms. The van der Waals surface area contributed by atoms with Gasteiger partial charge >= 0.3 is 0 Å². The van der Waals surface area contributed by atoms with E-state index in [2.05, 4.69) is 11.6 Å². The summed E-state index contributed by atoms with van der Waals surface area (Å²) in [6, 6.07) is 7.74. The molecule has 0 heterocycles. The summed E-state index contributed by atoms with van der Waals surface area (Å²) in [5.41, 5.74) is 0. The fraction of sp³-hybridized carbons (Fsp3) is 0.333. The van der Waals surface area contributed by atoms with Crippen LogP contribution in [0.4, 0.5) is 0 Å². The summed E-state index contributed by atoms with van der Waals surface area (Å²) >= 11 is -1.02. The molecule has 0 amide bonds. The van der Waals surface area contributed by atoms with E-state index in [4.69, 9.17) is 8.53 Å². The molecule has 1 aromatic rings. The van der Waals surface area contributed by atoms with Crippen molar-refractivity contribution >= 4 is 14.5 Å². The maximum absolute atomic E-state index is 5.65. The molecule has 0 saturated carbocycles. The number of para-hydroxylation sites is 2. The number of ether oxygens (including phenoxy) is 1. The van der Waals surface area contributed by atoms with Crippen LogP contribution in [0.3, 0.4) is 0 Å². The minimum atomic E-state index is -1.02. The minimum absolute atomic E-state index is 0.818. The van der Waals surface area contributed by atoms with E-state index in [-0.39, 0.29) is 0 Å². The lowest BCUT2D eigenvalue weighted by Crippen LogP contribution is -2.11. The van der Waals surface area contributed by atoms with Crippen LogP contribution in [0.2, 0.25) is 11.6 Å². The highest BCUT2D eigenvalue weighted by Gasteiger charge is 1.98. The summed E-state index contributed by atoms with van der Waals surface area (Å²) in [6.07, 6.45) is 0. The predicted octanol–water partition coefficient (Wildman–Crippen LogP) is 2.33. The highest BCUT2D eigenvalue weighted by Crippen LogP contribution is 2.25. The molecule has 0 spiro atoms. The fourth-order valence-electron chi connectivity index (χ4n) is 0.970. The highest BCUT2D eigenvalue weighted by atomic mass is 27.2. The van der Waals surface area contributed by atoms with E-state index in [0.717, 1.165) is 11.5 Å². The van der Waals surface area contributed by atoms with Crippen molar-refractivity contribution in [2.45, 2.75) is 11.6 Å². The first kappa shape index (κ1) is 9.44. The molecule has 0 aliphatic heterocycles. The van der Waals surface area contributed by atoms with Gasteiger partial charge in [0.2, 0.25) is 14.5 Å². The molecule has 0 unspecified atom stereocenters. The summed E-state index contributed by atoms with van der Waals surface area (Å²) < 4.78 is 10.8. The Balaban J connectivity index is 2.82. The van der Waals surface area contributed by atoms with E-state index < -0.39 is 14.5 Å². The molecule has 0 aromatic heterocycles. The van der Waals surface area contributed by atoms with Gasteiger partial charge in [-0.3, -0.25) is 0 Å². The molecule has 0 N–H and O–H groups in total. The molecule has 2 nitrogen and oxygen atoms in total. The lowest BCUT2D eigenvalue weighted by molar-refractivity contribution is 0.394. The summed E-state index contributed by atoms with van der Waals surface area (Å²) in [6.45, 7) is 0. The zero-order valence-corrected chi connectivity index (χ0v) is 8.86. The molecule has 1 aromatic carbocycles. The molecule has 0 aliphatic carbocycles. The predicted molar refractivity (Wildman–Crippen MR) is 51.1 cm³/mol. The zero-order chi connectivity index (χ0) is 8.97. The number of rotatable bonds is 3. The fourth-order valence-corrected chi connectivity index (χ4v) is 1.67. The molecule has 0 atom stereocenters. The molecule has 0 saturated heterocycles. The zero-order valence-electron chi connectivity index (χ0n) is 7.70. The van der Waals surface area contributed by atoms with Crippen molar-refractivity contribution in [2.24, 2.45) is 0 Å². The van der Waals surface area contributed by atoms with Crippen LogP contribution in [-0.2, 0) is 0 Å².